The van der Waals surface area contributed by atoms with Crippen molar-refractivity contribution in [1.82, 2.24) is 15.5 Å². The molecule has 0 spiro atoms. The van der Waals surface area contributed by atoms with Crippen LogP contribution in [0.5, 0.6) is 0 Å². The minimum absolute atomic E-state index is 0.421. The molecule has 2 N–H and O–H groups in total. The fourth-order valence-electron chi connectivity index (χ4n) is 3.27. The van der Waals surface area contributed by atoms with Crippen molar-refractivity contribution in [3.8, 4) is 0 Å². The normalized spacial score (nSPS) is 18.0. The lowest BCUT2D eigenvalue weighted by atomic mass is 10.00. The number of aliphatic imine (C=N–C) groups is 1. The summed E-state index contributed by atoms with van der Waals surface area (Å²) in [5.41, 5.74) is 2.67. The first-order valence-corrected chi connectivity index (χ1v) is 9.57. The Morgan fingerprint density at radius 3 is 2.80 bits per heavy atom. The minimum atomic E-state index is 0.421. The second-order valence-electron chi connectivity index (χ2n) is 7.04. The summed E-state index contributed by atoms with van der Waals surface area (Å²) in [6.07, 6.45) is 4.31. The van der Waals surface area contributed by atoms with Gasteiger partial charge in [-0.05, 0) is 32.3 Å². The quantitative estimate of drug-likeness (QED) is 0.454. The smallest absolute Gasteiger partial charge is 0.191 e. The van der Waals surface area contributed by atoms with E-state index in [1.54, 1.807) is 0 Å². The summed E-state index contributed by atoms with van der Waals surface area (Å²) in [7, 11) is 0. The van der Waals surface area contributed by atoms with E-state index < -0.39 is 0 Å². The van der Waals surface area contributed by atoms with Crippen molar-refractivity contribution in [3.05, 3.63) is 48.0 Å². The molecular weight excluding hydrogens is 308 g/mol. The van der Waals surface area contributed by atoms with Crippen LogP contribution in [0.3, 0.4) is 0 Å². The summed E-state index contributed by atoms with van der Waals surface area (Å²) >= 11 is 0. The molecule has 0 saturated carbocycles. The summed E-state index contributed by atoms with van der Waals surface area (Å²) in [6.45, 7) is 15.3. The first-order valence-electron chi connectivity index (χ1n) is 9.57. The van der Waals surface area contributed by atoms with Gasteiger partial charge in [-0.2, -0.15) is 0 Å². The first kappa shape index (κ1) is 19.5. The predicted molar refractivity (Wildman–Crippen MR) is 108 cm³/mol. The van der Waals surface area contributed by atoms with E-state index in [1.165, 1.54) is 11.1 Å². The van der Waals surface area contributed by atoms with Gasteiger partial charge in [-0.25, -0.2) is 0 Å². The molecule has 1 aliphatic rings. The van der Waals surface area contributed by atoms with Crippen LogP contribution in [0, 0.1) is 6.92 Å². The molecular formula is C21H34N4. The molecule has 1 unspecified atom stereocenters. The Balaban J connectivity index is 1.89. The topological polar surface area (TPSA) is 39.7 Å². The zero-order valence-corrected chi connectivity index (χ0v) is 16.1. The lowest BCUT2D eigenvalue weighted by Gasteiger charge is -2.32. The number of likely N-dealkylation sites (tertiary alicyclic amines) is 1. The highest BCUT2D eigenvalue weighted by Crippen LogP contribution is 2.16. The Kier molecular flexibility index (Phi) is 7.99. The van der Waals surface area contributed by atoms with Gasteiger partial charge in [-0.15, -0.1) is 6.58 Å². The molecule has 138 valence electrons. The molecule has 25 heavy (non-hydrogen) atoms. The fourth-order valence-corrected chi connectivity index (χ4v) is 3.27. The van der Waals surface area contributed by atoms with E-state index in [1.807, 2.05) is 6.08 Å². The molecule has 4 heteroatoms. The zero-order chi connectivity index (χ0) is 18.1. The van der Waals surface area contributed by atoms with Crippen LogP contribution >= 0.6 is 0 Å². The molecule has 1 aromatic rings. The van der Waals surface area contributed by atoms with Crippen LogP contribution in [0.4, 0.5) is 0 Å². The van der Waals surface area contributed by atoms with Gasteiger partial charge < -0.3 is 10.6 Å². The molecule has 1 aromatic carbocycles. The maximum atomic E-state index is 4.83. The van der Waals surface area contributed by atoms with Gasteiger partial charge in [0.05, 0.1) is 0 Å². The summed E-state index contributed by atoms with van der Waals surface area (Å²) < 4.78 is 0. The summed E-state index contributed by atoms with van der Waals surface area (Å²) in [5, 5.41) is 7.02. The van der Waals surface area contributed by atoms with Gasteiger partial charge in [-0.1, -0.05) is 42.8 Å². The van der Waals surface area contributed by atoms with Gasteiger partial charge in [0, 0.05) is 44.7 Å². The van der Waals surface area contributed by atoms with Gasteiger partial charge in [0.1, 0.15) is 0 Å². The lowest BCUT2D eigenvalue weighted by Crippen LogP contribution is -2.48. The number of nitrogens with zero attached hydrogens (tertiary/aromatic N) is 2. The Labute approximate surface area is 153 Å². The van der Waals surface area contributed by atoms with Gasteiger partial charge in [-0.3, -0.25) is 9.89 Å². The molecule has 0 bridgehead atoms. The van der Waals surface area contributed by atoms with E-state index in [0.29, 0.717) is 12.0 Å². The van der Waals surface area contributed by atoms with Crippen LogP contribution < -0.4 is 10.6 Å². The van der Waals surface area contributed by atoms with Crippen LogP contribution in [0.1, 0.15) is 43.7 Å². The van der Waals surface area contributed by atoms with Crippen molar-refractivity contribution >= 4 is 5.96 Å². The summed E-state index contributed by atoms with van der Waals surface area (Å²) in [4.78, 5) is 7.29. The predicted octanol–water partition coefficient (Wildman–Crippen LogP) is 3.30. The van der Waals surface area contributed by atoms with E-state index >= 15 is 0 Å². The third kappa shape index (κ3) is 6.54. The van der Waals surface area contributed by atoms with Crippen LogP contribution in [0.15, 0.2) is 41.9 Å². The summed E-state index contributed by atoms with van der Waals surface area (Å²) in [6, 6.07) is 9.24. The number of benzene rings is 1. The fraction of sp³-hybridized carbons (Fsp3) is 0.571. The highest BCUT2D eigenvalue weighted by Gasteiger charge is 2.19. The van der Waals surface area contributed by atoms with Crippen molar-refractivity contribution in [2.45, 2.75) is 45.6 Å². The lowest BCUT2D eigenvalue weighted by molar-refractivity contribution is 0.225. The van der Waals surface area contributed by atoms with Crippen molar-refractivity contribution in [2.75, 3.05) is 32.7 Å². The zero-order valence-electron chi connectivity index (χ0n) is 16.1. The Hall–Kier alpha value is -1.81. The van der Waals surface area contributed by atoms with E-state index in [0.717, 1.165) is 51.5 Å². The summed E-state index contributed by atoms with van der Waals surface area (Å²) in [5.74, 6) is 1.37. The maximum Gasteiger partial charge on any atom is 0.191 e. The van der Waals surface area contributed by atoms with E-state index in [-0.39, 0.29) is 0 Å². The van der Waals surface area contributed by atoms with Crippen LogP contribution in [0.2, 0.25) is 0 Å². The number of hydrogen-bond acceptors (Lipinski definition) is 2. The molecule has 4 nitrogen and oxygen atoms in total. The van der Waals surface area contributed by atoms with E-state index in [9.17, 15) is 0 Å². The number of rotatable bonds is 7. The van der Waals surface area contributed by atoms with Crippen molar-refractivity contribution < 1.29 is 0 Å². The van der Waals surface area contributed by atoms with Crippen molar-refractivity contribution in [1.29, 1.82) is 0 Å². The molecule has 0 radical (unpaired) electrons. The Morgan fingerprint density at radius 2 is 2.16 bits per heavy atom. The average Bonchev–Trinajstić information content (AvgIpc) is 2.61. The van der Waals surface area contributed by atoms with Gasteiger partial charge in [0.15, 0.2) is 5.96 Å². The number of nitrogens with one attached hydrogen (secondary N) is 2. The van der Waals surface area contributed by atoms with Gasteiger partial charge >= 0.3 is 0 Å². The molecule has 1 atom stereocenters. The minimum Gasteiger partial charge on any atom is -0.357 e. The van der Waals surface area contributed by atoms with Crippen LogP contribution in [-0.2, 0) is 0 Å². The van der Waals surface area contributed by atoms with Crippen LogP contribution in [0.25, 0.3) is 0 Å². The number of aryl methyl sites for hydroxylation is 1. The SMILES string of the molecule is C=CCN1CCC(NC(=NCC(C)c2cccc(C)c2)NCC)CC1. The maximum absolute atomic E-state index is 4.83. The average molecular weight is 343 g/mol. The number of piperidine rings is 1. The second-order valence-corrected chi connectivity index (χ2v) is 7.04. The largest absolute Gasteiger partial charge is 0.357 e. The molecule has 2 rings (SSSR count). The van der Waals surface area contributed by atoms with Crippen molar-refractivity contribution in [2.24, 2.45) is 4.99 Å². The third-order valence-electron chi connectivity index (χ3n) is 4.79. The van der Waals surface area contributed by atoms with Crippen LogP contribution in [-0.4, -0.2) is 49.6 Å². The molecule has 1 heterocycles. The van der Waals surface area contributed by atoms with E-state index in [2.05, 4.69) is 67.1 Å². The standard InChI is InChI=1S/C21H34N4/c1-5-12-25-13-10-20(11-14-25)24-21(22-6-2)23-16-18(4)19-9-7-8-17(3)15-19/h5,7-9,15,18,20H,1,6,10-14,16H2,2-4H3,(H2,22,23,24). The molecule has 0 amide bonds. The Bertz CT molecular complexity index is 559. The molecule has 1 saturated heterocycles. The third-order valence-corrected chi connectivity index (χ3v) is 4.79. The molecule has 1 aliphatic heterocycles. The molecule has 0 aromatic heterocycles. The first-order chi connectivity index (χ1) is 12.1. The van der Waals surface area contributed by atoms with Crippen molar-refractivity contribution in [3.63, 3.8) is 0 Å². The monoisotopic (exact) mass is 342 g/mol. The van der Waals surface area contributed by atoms with Gasteiger partial charge in [0.2, 0.25) is 0 Å². The molecule has 1 fully saturated rings. The highest BCUT2D eigenvalue weighted by molar-refractivity contribution is 5.80. The second kappa shape index (κ2) is 10.2. The van der Waals surface area contributed by atoms with E-state index in [4.69, 9.17) is 4.99 Å². The Morgan fingerprint density at radius 1 is 1.40 bits per heavy atom. The highest BCUT2D eigenvalue weighted by atomic mass is 15.2. The number of hydrogen-bond donors (Lipinski definition) is 2. The number of guanidine groups is 1. The molecule has 0 aliphatic carbocycles. The van der Waals surface area contributed by atoms with Gasteiger partial charge in [0.25, 0.3) is 0 Å².